The highest BCUT2D eigenvalue weighted by Crippen LogP contribution is 2.16. The molecule has 1 fully saturated rings. The third-order valence-electron chi connectivity index (χ3n) is 3.26. The molecule has 6 heteroatoms. The van der Waals surface area contributed by atoms with Crippen LogP contribution in [-0.2, 0) is 4.79 Å². The van der Waals surface area contributed by atoms with Crippen LogP contribution in [0, 0.1) is 12.8 Å². The van der Waals surface area contributed by atoms with Crippen LogP contribution in [0.4, 0.5) is 5.69 Å². The molecule has 0 aromatic carbocycles. The number of anilines is 1. The van der Waals surface area contributed by atoms with Gasteiger partial charge in [0.2, 0.25) is 5.91 Å². The maximum Gasteiger partial charge on any atom is 0.224 e. The van der Waals surface area contributed by atoms with Crippen molar-refractivity contribution in [3.63, 3.8) is 0 Å². The Labute approximate surface area is 126 Å². The zero-order valence-electron chi connectivity index (χ0n) is 11.0. The maximum absolute atomic E-state index is 11.8. The molecule has 1 aromatic heterocycles. The van der Waals surface area contributed by atoms with Gasteiger partial charge in [0.25, 0.3) is 0 Å². The molecule has 0 saturated carbocycles. The van der Waals surface area contributed by atoms with Gasteiger partial charge in [-0.25, -0.2) is 0 Å². The van der Waals surface area contributed by atoms with Crippen molar-refractivity contribution in [2.45, 2.75) is 26.2 Å². The van der Waals surface area contributed by atoms with Crippen molar-refractivity contribution in [2.75, 3.05) is 18.4 Å². The number of hydrogen-bond acceptors (Lipinski definition) is 3. The molecule has 108 valence electrons. The Bertz CT molecular complexity index is 395. The first-order valence-electron chi connectivity index (χ1n) is 6.17. The summed E-state index contributed by atoms with van der Waals surface area (Å²) in [5.74, 6) is 0.753. The summed E-state index contributed by atoms with van der Waals surface area (Å²) < 4.78 is 0. The summed E-state index contributed by atoms with van der Waals surface area (Å²) in [6, 6.07) is 1.90. The van der Waals surface area contributed by atoms with Gasteiger partial charge in [0.05, 0.1) is 11.9 Å². The Balaban J connectivity index is 0.00000162. The van der Waals surface area contributed by atoms with Gasteiger partial charge >= 0.3 is 0 Å². The average molecular weight is 306 g/mol. The SMILES string of the molecule is Cc1ccncc1NC(=O)CCC1CCNC1.Cl.Cl. The third-order valence-corrected chi connectivity index (χ3v) is 3.26. The number of hydrogen-bond donors (Lipinski definition) is 2. The van der Waals surface area contributed by atoms with E-state index in [2.05, 4.69) is 15.6 Å². The molecule has 1 aliphatic rings. The van der Waals surface area contributed by atoms with Gasteiger partial charge in [-0.2, -0.15) is 0 Å². The van der Waals surface area contributed by atoms with Crippen molar-refractivity contribution in [1.29, 1.82) is 0 Å². The lowest BCUT2D eigenvalue weighted by Gasteiger charge is -2.09. The summed E-state index contributed by atoms with van der Waals surface area (Å²) in [6.45, 7) is 4.12. The summed E-state index contributed by atoms with van der Waals surface area (Å²) in [7, 11) is 0. The predicted molar refractivity (Wildman–Crippen MR) is 82.3 cm³/mol. The van der Waals surface area contributed by atoms with Crippen LogP contribution < -0.4 is 10.6 Å². The number of rotatable bonds is 4. The second-order valence-corrected chi connectivity index (χ2v) is 4.64. The van der Waals surface area contributed by atoms with Gasteiger partial charge < -0.3 is 10.6 Å². The lowest BCUT2D eigenvalue weighted by atomic mass is 10.0. The lowest BCUT2D eigenvalue weighted by molar-refractivity contribution is -0.116. The van der Waals surface area contributed by atoms with Crippen LogP contribution in [-0.4, -0.2) is 24.0 Å². The van der Waals surface area contributed by atoms with E-state index in [0.717, 1.165) is 30.8 Å². The summed E-state index contributed by atoms with van der Waals surface area (Å²) in [6.07, 6.45) is 6.19. The first kappa shape index (κ1) is 18.2. The van der Waals surface area contributed by atoms with E-state index in [-0.39, 0.29) is 30.7 Å². The van der Waals surface area contributed by atoms with E-state index in [1.54, 1.807) is 12.4 Å². The Kier molecular flexibility index (Phi) is 8.72. The van der Waals surface area contributed by atoms with E-state index in [9.17, 15) is 4.79 Å². The zero-order valence-corrected chi connectivity index (χ0v) is 12.6. The largest absolute Gasteiger partial charge is 0.325 e. The van der Waals surface area contributed by atoms with Crippen molar-refractivity contribution in [3.05, 3.63) is 24.0 Å². The fraction of sp³-hybridized carbons (Fsp3) is 0.538. The minimum absolute atomic E-state index is 0. The van der Waals surface area contributed by atoms with E-state index in [4.69, 9.17) is 0 Å². The highest BCUT2D eigenvalue weighted by molar-refractivity contribution is 5.91. The number of nitrogens with one attached hydrogen (secondary N) is 2. The topological polar surface area (TPSA) is 54.0 Å². The highest BCUT2D eigenvalue weighted by Gasteiger charge is 2.15. The standard InChI is InChI=1S/C13H19N3O.2ClH/c1-10-4-6-15-9-12(10)16-13(17)3-2-11-5-7-14-8-11;;/h4,6,9,11,14H,2-3,5,7-8H2,1H3,(H,16,17);2*1H. The Morgan fingerprint density at radius 2 is 2.32 bits per heavy atom. The molecular formula is C13H21Cl2N3O. The second kappa shape index (κ2) is 9.13. The molecule has 2 N–H and O–H groups in total. The van der Waals surface area contributed by atoms with Crippen molar-refractivity contribution in [2.24, 2.45) is 5.92 Å². The van der Waals surface area contributed by atoms with E-state index < -0.39 is 0 Å². The number of amides is 1. The van der Waals surface area contributed by atoms with Gasteiger partial charge in [0, 0.05) is 12.6 Å². The van der Waals surface area contributed by atoms with Crippen LogP contribution in [0.15, 0.2) is 18.5 Å². The van der Waals surface area contributed by atoms with Gasteiger partial charge in [-0.15, -0.1) is 24.8 Å². The monoisotopic (exact) mass is 305 g/mol. The quantitative estimate of drug-likeness (QED) is 0.899. The molecule has 1 atom stereocenters. The molecule has 0 spiro atoms. The summed E-state index contributed by atoms with van der Waals surface area (Å²) in [5, 5.41) is 6.23. The highest BCUT2D eigenvalue weighted by atomic mass is 35.5. The molecule has 1 aromatic rings. The average Bonchev–Trinajstić information content (AvgIpc) is 2.82. The van der Waals surface area contributed by atoms with Gasteiger partial charge in [0.1, 0.15) is 0 Å². The van der Waals surface area contributed by atoms with Crippen LogP contribution in [0.5, 0.6) is 0 Å². The summed E-state index contributed by atoms with van der Waals surface area (Å²) in [5.41, 5.74) is 1.87. The molecular weight excluding hydrogens is 285 g/mol. The molecule has 0 aliphatic carbocycles. The van der Waals surface area contributed by atoms with Gasteiger partial charge in [-0.3, -0.25) is 9.78 Å². The number of halogens is 2. The van der Waals surface area contributed by atoms with Gasteiger partial charge in [0.15, 0.2) is 0 Å². The number of nitrogens with zero attached hydrogens (tertiary/aromatic N) is 1. The molecule has 2 rings (SSSR count). The molecule has 19 heavy (non-hydrogen) atoms. The molecule has 1 saturated heterocycles. The molecule has 4 nitrogen and oxygen atoms in total. The normalized spacial score (nSPS) is 17.2. The van der Waals surface area contributed by atoms with E-state index in [1.165, 1.54) is 6.42 Å². The zero-order chi connectivity index (χ0) is 12.1. The van der Waals surface area contributed by atoms with Gasteiger partial charge in [-0.05, 0) is 50.4 Å². The van der Waals surface area contributed by atoms with Crippen molar-refractivity contribution < 1.29 is 4.79 Å². The lowest BCUT2D eigenvalue weighted by Crippen LogP contribution is -2.15. The Morgan fingerprint density at radius 3 is 2.95 bits per heavy atom. The summed E-state index contributed by atoms with van der Waals surface area (Å²) >= 11 is 0. The van der Waals surface area contributed by atoms with Crippen LogP contribution in [0.25, 0.3) is 0 Å². The number of aryl methyl sites for hydroxylation is 1. The molecule has 1 aliphatic heterocycles. The number of carbonyl (C=O) groups is 1. The maximum atomic E-state index is 11.8. The van der Waals surface area contributed by atoms with E-state index in [0.29, 0.717) is 12.3 Å². The van der Waals surface area contributed by atoms with Crippen molar-refractivity contribution in [1.82, 2.24) is 10.3 Å². The van der Waals surface area contributed by atoms with E-state index >= 15 is 0 Å². The summed E-state index contributed by atoms with van der Waals surface area (Å²) in [4.78, 5) is 15.8. The smallest absolute Gasteiger partial charge is 0.224 e. The van der Waals surface area contributed by atoms with Gasteiger partial charge in [-0.1, -0.05) is 0 Å². The number of aromatic nitrogens is 1. The van der Waals surface area contributed by atoms with Crippen molar-refractivity contribution >= 4 is 36.4 Å². The first-order chi connectivity index (χ1) is 8.25. The minimum Gasteiger partial charge on any atom is -0.325 e. The van der Waals surface area contributed by atoms with Crippen LogP contribution in [0.3, 0.4) is 0 Å². The number of pyridine rings is 1. The molecule has 0 radical (unpaired) electrons. The molecule has 2 heterocycles. The first-order valence-corrected chi connectivity index (χ1v) is 6.17. The third kappa shape index (κ3) is 5.76. The van der Waals surface area contributed by atoms with E-state index in [1.807, 2.05) is 13.0 Å². The van der Waals surface area contributed by atoms with Crippen LogP contribution in [0.1, 0.15) is 24.8 Å². The predicted octanol–water partition coefficient (Wildman–Crippen LogP) is 2.56. The van der Waals surface area contributed by atoms with Crippen LogP contribution >= 0.6 is 24.8 Å². The van der Waals surface area contributed by atoms with Crippen molar-refractivity contribution in [3.8, 4) is 0 Å². The van der Waals surface area contributed by atoms with Crippen LogP contribution in [0.2, 0.25) is 0 Å². The minimum atomic E-state index is 0. The number of carbonyl (C=O) groups excluding carboxylic acids is 1. The Morgan fingerprint density at radius 1 is 1.53 bits per heavy atom. The molecule has 1 amide bonds. The molecule has 1 unspecified atom stereocenters. The second-order valence-electron chi connectivity index (χ2n) is 4.64. The Hall–Kier alpha value is -0.840. The fourth-order valence-corrected chi connectivity index (χ4v) is 2.10. The molecule has 0 bridgehead atoms. The fourth-order valence-electron chi connectivity index (χ4n) is 2.10.